The summed E-state index contributed by atoms with van der Waals surface area (Å²) in [6.45, 7) is 1.51. The van der Waals surface area contributed by atoms with Crippen molar-refractivity contribution in [2.24, 2.45) is 0 Å². The standard InChI is InChI=1S/C22H16ClFN4OS/c1-14(29)10-17-11-26-20(12-25-17)22-21(30-19-8-2-15(23)3-9-19)13-28(27-22)18-6-4-16(24)5-7-18/h2-9,11-13H,10H2,1H3. The summed E-state index contributed by atoms with van der Waals surface area (Å²) in [4.78, 5) is 21.9. The first kappa shape index (κ1) is 20.3. The number of benzene rings is 2. The Balaban J connectivity index is 1.73. The Morgan fingerprint density at radius 2 is 1.80 bits per heavy atom. The van der Waals surface area contributed by atoms with Crippen molar-refractivity contribution in [2.45, 2.75) is 23.1 Å². The molecule has 150 valence electrons. The van der Waals surface area contributed by atoms with Gasteiger partial charge in [-0.1, -0.05) is 23.4 Å². The molecule has 0 amide bonds. The fraction of sp³-hybridized carbons (Fsp3) is 0.0909. The van der Waals surface area contributed by atoms with Crippen LogP contribution in [0.4, 0.5) is 4.39 Å². The molecule has 0 aliphatic heterocycles. The number of ketones is 1. The zero-order valence-electron chi connectivity index (χ0n) is 15.9. The van der Waals surface area contributed by atoms with Gasteiger partial charge in [0.15, 0.2) is 0 Å². The largest absolute Gasteiger partial charge is 0.300 e. The summed E-state index contributed by atoms with van der Waals surface area (Å²) in [6.07, 6.45) is 5.31. The highest BCUT2D eigenvalue weighted by atomic mass is 35.5. The lowest BCUT2D eigenvalue weighted by atomic mass is 10.2. The third-order valence-corrected chi connectivity index (χ3v) is 5.47. The number of carbonyl (C=O) groups is 1. The molecule has 2 heterocycles. The van der Waals surface area contributed by atoms with E-state index in [2.05, 4.69) is 15.1 Å². The molecular weight excluding hydrogens is 423 g/mol. The molecule has 0 aliphatic carbocycles. The van der Waals surface area contributed by atoms with Crippen molar-refractivity contribution in [3.63, 3.8) is 0 Å². The van der Waals surface area contributed by atoms with Gasteiger partial charge in [-0.3, -0.25) is 14.8 Å². The number of carbonyl (C=O) groups excluding carboxylic acids is 1. The predicted octanol–water partition coefficient (Wildman–Crippen LogP) is 5.40. The van der Waals surface area contributed by atoms with Gasteiger partial charge in [-0.25, -0.2) is 9.07 Å². The molecule has 0 atom stereocenters. The Morgan fingerprint density at radius 3 is 2.43 bits per heavy atom. The maximum atomic E-state index is 13.3. The SMILES string of the molecule is CC(=O)Cc1cnc(-c2nn(-c3ccc(F)cc3)cc2Sc2ccc(Cl)cc2)cn1. The number of rotatable bonds is 6. The highest BCUT2D eigenvalue weighted by molar-refractivity contribution is 7.99. The summed E-state index contributed by atoms with van der Waals surface area (Å²) in [6, 6.07) is 13.6. The highest BCUT2D eigenvalue weighted by Crippen LogP contribution is 2.35. The van der Waals surface area contributed by atoms with Gasteiger partial charge in [-0.05, 0) is 55.5 Å². The second-order valence-corrected chi connectivity index (χ2v) is 8.14. The van der Waals surface area contributed by atoms with Crippen LogP contribution in [-0.4, -0.2) is 25.5 Å². The van der Waals surface area contributed by atoms with Crippen molar-refractivity contribution in [2.75, 3.05) is 0 Å². The van der Waals surface area contributed by atoms with Crippen LogP contribution in [0.1, 0.15) is 12.6 Å². The van der Waals surface area contributed by atoms with Crippen molar-refractivity contribution in [1.29, 1.82) is 0 Å². The Hall–Kier alpha value is -3.03. The zero-order valence-corrected chi connectivity index (χ0v) is 17.5. The molecule has 0 bridgehead atoms. The van der Waals surface area contributed by atoms with Gasteiger partial charge in [0.2, 0.25) is 0 Å². The van der Waals surface area contributed by atoms with Crippen LogP contribution in [0, 0.1) is 5.82 Å². The number of aromatic nitrogens is 4. The van der Waals surface area contributed by atoms with E-state index in [1.54, 1.807) is 29.2 Å². The van der Waals surface area contributed by atoms with Gasteiger partial charge in [0.25, 0.3) is 0 Å². The van der Waals surface area contributed by atoms with Crippen molar-refractivity contribution in [3.8, 4) is 17.1 Å². The number of Topliss-reactive ketones (excluding diaryl/α,β-unsaturated/α-hetero) is 1. The molecule has 0 saturated carbocycles. The number of nitrogens with zero attached hydrogens (tertiary/aromatic N) is 4. The summed E-state index contributed by atoms with van der Waals surface area (Å²) in [7, 11) is 0. The Bertz CT molecular complexity index is 1180. The smallest absolute Gasteiger partial charge is 0.135 e. The monoisotopic (exact) mass is 438 g/mol. The average Bonchev–Trinajstić information content (AvgIpc) is 3.14. The summed E-state index contributed by atoms with van der Waals surface area (Å²) >= 11 is 7.50. The van der Waals surface area contributed by atoms with E-state index < -0.39 is 0 Å². The van der Waals surface area contributed by atoms with Crippen LogP contribution >= 0.6 is 23.4 Å². The molecule has 0 unspecified atom stereocenters. The van der Waals surface area contributed by atoms with Crippen LogP contribution < -0.4 is 0 Å². The molecule has 8 heteroatoms. The third-order valence-electron chi connectivity index (χ3n) is 4.19. The highest BCUT2D eigenvalue weighted by Gasteiger charge is 2.16. The van der Waals surface area contributed by atoms with Crippen LogP contribution in [0.15, 0.2) is 76.9 Å². The van der Waals surface area contributed by atoms with Gasteiger partial charge in [-0.2, -0.15) is 5.10 Å². The van der Waals surface area contributed by atoms with E-state index in [0.717, 1.165) is 15.5 Å². The minimum Gasteiger partial charge on any atom is -0.300 e. The second kappa shape index (κ2) is 8.77. The van der Waals surface area contributed by atoms with Crippen LogP contribution in [0.2, 0.25) is 5.02 Å². The molecule has 4 rings (SSSR count). The van der Waals surface area contributed by atoms with Gasteiger partial charge >= 0.3 is 0 Å². The van der Waals surface area contributed by atoms with Gasteiger partial charge in [0.1, 0.15) is 23.0 Å². The Labute approximate surface area is 181 Å². The summed E-state index contributed by atoms with van der Waals surface area (Å²) in [5, 5.41) is 5.32. The first-order valence-corrected chi connectivity index (χ1v) is 10.3. The number of hydrogen-bond acceptors (Lipinski definition) is 5. The molecular formula is C22H16ClFN4OS. The lowest BCUT2D eigenvalue weighted by Gasteiger charge is -2.03. The van der Waals surface area contributed by atoms with E-state index in [1.165, 1.54) is 30.8 Å². The predicted molar refractivity (Wildman–Crippen MR) is 115 cm³/mol. The molecule has 0 saturated heterocycles. The summed E-state index contributed by atoms with van der Waals surface area (Å²) in [5.41, 5.74) is 2.55. The van der Waals surface area contributed by atoms with Crippen LogP contribution in [0.5, 0.6) is 0 Å². The maximum Gasteiger partial charge on any atom is 0.135 e. The Kier molecular flexibility index (Phi) is 5.92. The van der Waals surface area contributed by atoms with Crippen molar-refractivity contribution >= 4 is 29.1 Å². The lowest BCUT2D eigenvalue weighted by molar-refractivity contribution is -0.116. The molecule has 0 radical (unpaired) electrons. The van der Waals surface area contributed by atoms with E-state index in [9.17, 15) is 9.18 Å². The van der Waals surface area contributed by atoms with Gasteiger partial charge in [0, 0.05) is 28.7 Å². The van der Waals surface area contributed by atoms with E-state index in [-0.39, 0.29) is 18.0 Å². The van der Waals surface area contributed by atoms with Crippen molar-refractivity contribution in [1.82, 2.24) is 19.7 Å². The van der Waals surface area contributed by atoms with Gasteiger partial charge in [0.05, 0.1) is 22.5 Å². The molecule has 2 aromatic heterocycles. The van der Waals surface area contributed by atoms with Crippen LogP contribution in [0.3, 0.4) is 0 Å². The van der Waals surface area contributed by atoms with Crippen LogP contribution in [-0.2, 0) is 11.2 Å². The number of halogens is 2. The summed E-state index contributed by atoms with van der Waals surface area (Å²) < 4.78 is 15.0. The zero-order chi connectivity index (χ0) is 21.1. The Morgan fingerprint density at radius 1 is 1.07 bits per heavy atom. The van der Waals surface area contributed by atoms with Gasteiger partial charge < -0.3 is 0 Å². The lowest BCUT2D eigenvalue weighted by Crippen LogP contribution is -2.01. The molecule has 0 aliphatic rings. The molecule has 2 aromatic carbocycles. The van der Waals surface area contributed by atoms with Crippen molar-refractivity contribution in [3.05, 3.63) is 83.7 Å². The van der Waals surface area contributed by atoms with Crippen LogP contribution in [0.25, 0.3) is 17.1 Å². The fourth-order valence-corrected chi connectivity index (χ4v) is 3.84. The van der Waals surface area contributed by atoms with E-state index in [0.29, 0.717) is 22.1 Å². The van der Waals surface area contributed by atoms with Crippen molar-refractivity contribution < 1.29 is 9.18 Å². The molecule has 5 nitrogen and oxygen atoms in total. The van der Waals surface area contributed by atoms with E-state index in [4.69, 9.17) is 11.6 Å². The normalized spacial score (nSPS) is 10.9. The molecule has 4 aromatic rings. The third kappa shape index (κ3) is 4.75. The minimum absolute atomic E-state index is 0.0246. The second-order valence-electron chi connectivity index (χ2n) is 6.59. The molecule has 30 heavy (non-hydrogen) atoms. The maximum absolute atomic E-state index is 13.3. The first-order valence-electron chi connectivity index (χ1n) is 9.08. The minimum atomic E-state index is -0.311. The van der Waals surface area contributed by atoms with Gasteiger partial charge in [-0.15, -0.1) is 0 Å². The van der Waals surface area contributed by atoms with E-state index >= 15 is 0 Å². The summed E-state index contributed by atoms with van der Waals surface area (Å²) in [5.74, 6) is -0.287. The first-order chi connectivity index (χ1) is 14.5. The quantitative estimate of drug-likeness (QED) is 0.403. The molecule has 0 N–H and O–H groups in total. The topological polar surface area (TPSA) is 60.7 Å². The fourth-order valence-electron chi connectivity index (χ4n) is 2.79. The molecule has 0 fully saturated rings. The van der Waals surface area contributed by atoms with E-state index in [1.807, 2.05) is 30.5 Å². The molecule has 0 spiro atoms. The average molecular weight is 439 g/mol. The number of hydrogen-bond donors (Lipinski definition) is 0.